The molecule has 0 saturated carbocycles. The Kier molecular flexibility index (Phi) is 5.38. The summed E-state index contributed by atoms with van der Waals surface area (Å²) in [4.78, 5) is 23.9. The van der Waals surface area contributed by atoms with Crippen LogP contribution in [0.2, 0.25) is 0 Å². The van der Waals surface area contributed by atoms with Gasteiger partial charge in [0.05, 0.1) is 6.20 Å². The molecule has 0 radical (unpaired) electrons. The van der Waals surface area contributed by atoms with E-state index in [0.29, 0.717) is 12.1 Å². The molecule has 2 aromatic carbocycles. The average Bonchev–Trinajstić information content (AvgIpc) is 3.11. The fraction of sp³-hybridized carbons (Fsp3) is 0.158. The second-order valence-corrected chi connectivity index (χ2v) is 5.88. The van der Waals surface area contributed by atoms with Gasteiger partial charge in [-0.05, 0) is 5.56 Å². The van der Waals surface area contributed by atoms with Crippen LogP contribution in [0.4, 0.5) is 0 Å². The summed E-state index contributed by atoms with van der Waals surface area (Å²) >= 11 is 0. The molecule has 0 unspecified atom stereocenters. The normalized spacial score (nSPS) is 11.7. The molecular weight excluding hydrogens is 330 g/mol. The van der Waals surface area contributed by atoms with Crippen LogP contribution in [0.15, 0.2) is 66.9 Å². The molecule has 7 heteroatoms. The first kappa shape index (κ1) is 17.3. The first-order valence-electron chi connectivity index (χ1n) is 8.20. The van der Waals surface area contributed by atoms with Crippen molar-refractivity contribution in [1.82, 2.24) is 20.3 Å². The van der Waals surface area contributed by atoms with E-state index in [9.17, 15) is 9.59 Å². The zero-order valence-corrected chi connectivity index (χ0v) is 14.1. The second kappa shape index (κ2) is 8.06. The van der Waals surface area contributed by atoms with E-state index in [1.54, 1.807) is 6.20 Å². The molecular formula is C19H19N5O2. The summed E-state index contributed by atoms with van der Waals surface area (Å²) in [6, 6.07) is 18.2. The van der Waals surface area contributed by atoms with E-state index in [4.69, 9.17) is 5.73 Å². The molecule has 0 aliphatic carbocycles. The zero-order chi connectivity index (χ0) is 18.4. The van der Waals surface area contributed by atoms with Crippen LogP contribution in [0.1, 0.15) is 5.56 Å². The average molecular weight is 349 g/mol. The van der Waals surface area contributed by atoms with Crippen molar-refractivity contribution in [3.63, 3.8) is 0 Å². The minimum atomic E-state index is -0.776. The van der Waals surface area contributed by atoms with E-state index in [0.717, 1.165) is 11.1 Å². The van der Waals surface area contributed by atoms with Crippen molar-refractivity contribution in [3.05, 3.63) is 72.4 Å². The molecule has 0 bridgehead atoms. The Morgan fingerprint density at radius 1 is 1.04 bits per heavy atom. The van der Waals surface area contributed by atoms with Crippen LogP contribution in [-0.2, 0) is 22.6 Å². The summed E-state index contributed by atoms with van der Waals surface area (Å²) in [5.74, 6) is -0.931. The highest BCUT2D eigenvalue weighted by Crippen LogP contribution is 2.14. The molecule has 3 rings (SSSR count). The van der Waals surface area contributed by atoms with E-state index in [1.165, 1.54) is 4.68 Å². The number of amides is 2. The zero-order valence-electron chi connectivity index (χ0n) is 14.1. The van der Waals surface area contributed by atoms with Crippen molar-refractivity contribution in [3.8, 4) is 11.3 Å². The van der Waals surface area contributed by atoms with Crippen molar-refractivity contribution >= 4 is 11.8 Å². The van der Waals surface area contributed by atoms with Gasteiger partial charge in [0.15, 0.2) is 0 Å². The molecule has 3 N–H and O–H groups in total. The second-order valence-electron chi connectivity index (χ2n) is 5.88. The Morgan fingerprint density at radius 2 is 1.69 bits per heavy atom. The van der Waals surface area contributed by atoms with Gasteiger partial charge in [0.2, 0.25) is 11.8 Å². The number of nitrogens with two attached hydrogens (primary N) is 1. The molecule has 26 heavy (non-hydrogen) atoms. The van der Waals surface area contributed by atoms with Gasteiger partial charge in [-0.15, -0.1) is 5.10 Å². The maximum atomic E-state index is 12.3. The van der Waals surface area contributed by atoms with Crippen LogP contribution >= 0.6 is 0 Å². The maximum absolute atomic E-state index is 12.3. The summed E-state index contributed by atoms with van der Waals surface area (Å²) in [6.07, 6.45) is 2.03. The molecule has 0 aliphatic rings. The highest BCUT2D eigenvalue weighted by atomic mass is 16.2. The Balaban J connectivity index is 1.62. The molecule has 0 saturated heterocycles. The van der Waals surface area contributed by atoms with E-state index < -0.39 is 11.9 Å². The van der Waals surface area contributed by atoms with E-state index >= 15 is 0 Å². The predicted octanol–water partition coefficient (Wildman–Crippen LogP) is 1.16. The lowest BCUT2D eigenvalue weighted by Gasteiger charge is -2.15. The Hall–Kier alpha value is -3.48. The molecule has 1 aromatic heterocycles. The molecule has 1 heterocycles. The number of aromatic nitrogens is 3. The van der Waals surface area contributed by atoms with Crippen molar-refractivity contribution in [1.29, 1.82) is 0 Å². The fourth-order valence-electron chi connectivity index (χ4n) is 2.58. The van der Waals surface area contributed by atoms with Crippen molar-refractivity contribution < 1.29 is 9.59 Å². The third-order valence-electron chi connectivity index (χ3n) is 3.88. The van der Waals surface area contributed by atoms with Crippen LogP contribution in [0.3, 0.4) is 0 Å². The van der Waals surface area contributed by atoms with Crippen LogP contribution in [-0.4, -0.2) is 32.9 Å². The van der Waals surface area contributed by atoms with Gasteiger partial charge in [-0.3, -0.25) is 9.59 Å². The molecule has 0 fully saturated rings. The largest absolute Gasteiger partial charge is 0.368 e. The first-order chi connectivity index (χ1) is 12.6. The highest BCUT2D eigenvalue weighted by molar-refractivity contribution is 5.86. The number of hydrogen-bond acceptors (Lipinski definition) is 4. The third-order valence-corrected chi connectivity index (χ3v) is 3.88. The molecule has 2 amide bonds. The minimum Gasteiger partial charge on any atom is -0.368 e. The number of primary amides is 1. The number of nitrogens with zero attached hydrogens (tertiary/aromatic N) is 3. The fourth-order valence-corrected chi connectivity index (χ4v) is 2.58. The summed E-state index contributed by atoms with van der Waals surface area (Å²) < 4.78 is 1.43. The van der Waals surface area contributed by atoms with E-state index in [-0.39, 0.29) is 12.5 Å². The minimum absolute atomic E-state index is 0.0433. The van der Waals surface area contributed by atoms with Crippen molar-refractivity contribution in [2.45, 2.75) is 19.0 Å². The highest BCUT2D eigenvalue weighted by Gasteiger charge is 2.19. The molecule has 132 valence electrons. The van der Waals surface area contributed by atoms with Gasteiger partial charge < -0.3 is 11.1 Å². The number of benzene rings is 2. The summed E-state index contributed by atoms with van der Waals surface area (Å²) in [7, 11) is 0. The number of nitrogens with one attached hydrogen (secondary N) is 1. The number of carbonyl (C=O) groups is 2. The van der Waals surface area contributed by atoms with Gasteiger partial charge in [-0.1, -0.05) is 65.9 Å². The lowest BCUT2D eigenvalue weighted by Crippen LogP contribution is -2.46. The van der Waals surface area contributed by atoms with Crippen molar-refractivity contribution in [2.75, 3.05) is 0 Å². The van der Waals surface area contributed by atoms with Gasteiger partial charge >= 0.3 is 0 Å². The third kappa shape index (κ3) is 4.54. The quantitative estimate of drug-likeness (QED) is 0.668. The first-order valence-corrected chi connectivity index (χ1v) is 8.20. The molecule has 1 atom stereocenters. The number of hydrogen-bond donors (Lipinski definition) is 2. The molecule has 3 aromatic rings. The van der Waals surface area contributed by atoms with Crippen molar-refractivity contribution in [2.24, 2.45) is 5.73 Å². The van der Waals surface area contributed by atoms with Gasteiger partial charge in [-0.25, -0.2) is 4.68 Å². The lowest BCUT2D eigenvalue weighted by atomic mass is 10.1. The topological polar surface area (TPSA) is 103 Å². The standard InChI is InChI=1S/C19H19N5O2/c20-19(26)16(11-14-7-3-1-4-8-14)21-18(25)13-24-12-17(22-23-24)15-9-5-2-6-10-15/h1-10,12,16H,11,13H2,(H2,20,26)(H,21,25)/t16-/m1/s1. The van der Waals surface area contributed by atoms with E-state index in [1.807, 2.05) is 60.7 Å². The van der Waals surface area contributed by atoms with Gasteiger partial charge in [0.25, 0.3) is 0 Å². The summed E-state index contributed by atoms with van der Waals surface area (Å²) in [5.41, 5.74) is 7.93. The predicted molar refractivity (Wildman–Crippen MR) is 96.7 cm³/mol. The molecule has 0 spiro atoms. The Morgan fingerprint density at radius 3 is 2.35 bits per heavy atom. The smallest absolute Gasteiger partial charge is 0.242 e. The Labute approximate surface area is 150 Å². The van der Waals surface area contributed by atoms with Gasteiger partial charge in [0, 0.05) is 12.0 Å². The van der Waals surface area contributed by atoms with Crippen LogP contribution in [0.5, 0.6) is 0 Å². The van der Waals surface area contributed by atoms with E-state index in [2.05, 4.69) is 15.6 Å². The Bertz CT molecular complexity index is 877. The lowest BCUT2D eigenvalue weighted by molar-refractivity contribution is -0.127. The van der Waals surface area contributed by atoms with Crippen LogP contribution < -0.4 is 11.1 Å². The number of carbonyl (C=O) groups excluding carboxylic acids is 2. The monoisotopic (exact) mass is 349 g/mol. The van der Waals surface area contributed by atoms with Gasteiger partial charge in [0.1, 0.15) is 18.3 Å². The van der Waals surface area contributed by atoms with Crippen LogP contribution in [0, 0.1) is 0 Å². The summed E-state index contributed by atoms with van der Waals surface area (Å²) in [6.45, 7) is -0.0433. The molecule has 7 nitrogen and oxygen atoms in total. The van der Waals surface area contributed by atoms with Crippen LogP contribution in [0.25, 0.3) is 11.3 Å². The SMILES string of the molecule is NC(=O)[C@@H](Cc1ccccc1)NC(=O)Cn1cc(-c2ccccc2)nn1. The number of rotatable bonds is 7. The maximum Gasteiger partial charge on any atom is 0.242 e. The summed E-state index contributed by atoms with van der Waals surface area (Å²) in [5, 5.41) is 10.7. The molecule has 0 aliphatic heterocycles. The van der Waals surface area contributed by atoms with Gasteiger partial charge in [-0.2, -0.15) is 0 Å².